The van der Waals surface area contributed by atoms with Crippen molar-refractivity contribution in [2.45, 2.75) is 26.7 Å². The molecule has 0 aliphatic carbocycles. The van der Waals surface area contributed by atoms with Gasteiger partial charge in [0.2, 0.25) is 5.91 Å². The lowest BCUT2D eigenvalue weighted by Crippen LogP contribution is -2.31. The van der Waals surface area contributed by atoms with Crippen LogP contribution in [-0.4, -0.2) is 31.0 Å². The van der Waals surface area contributed by atoms with Gasteiger partial charge in [-0.25, -0.2) is 4.39 Å². The fraction of sp³-hybridized carbons (Fsp3) is 0.350. The van der Waals surface area contributed by atoms with Gasteiger partial charge in [-0.2, -0.15) is 0 Å². The molecule has 128 valence electrons. The van der Waals surface area contributed by atoms with Crippen LogP contribution in [0.15, 0.2) is 42.5 Å². The highest BCUT2D eigenvalue weighted by atomic mass is 19.1. The molecule has 2 aromatic rings. The number of amides is 1. The molecule has 0 N–H and O–H groups in total. The fourth-order valence-corrected chi connectivity index (χ4v) is 2.53. The number of aryl methyl sites for hydroxylation is 3. The largest absolute Gasteiger partial charge is 0.492 e. The first-order valence-electron chi connectivity index (χ1n) is 8.13. The van der Waals surface area contributed by atoms with Gasteiger partial charge in [0, 0.05) is 13.5 Å². The van der Waals surface area contributed by atoms with Gasteiger partial charge in [0.25, 0.3) is 0 Å². The maximum atomic E-state index is 12.9. The second-order valence-corrected chi connectivity index (χ2v) is 6.11. The van der Waals surface area contributed by atoms with Crippen molar-refractivity contribution >= 4 is 5.91 Å². The highest BCUT2D eigenvalue weighted by molar-refractivity contribution is 5.76. The maximum Gasteiger partial charge on any atom is 0.222 e. The normalized spacial score (nSPS) is 10.5. The first-order chi connectivity index (χ1) is 11.4. The first kappa shape index (κ1) is 18.0. The van der Waals surface area contributed by atoms with Crippen molar-refractivity contribution in [3.8, 4) is 5.75 Å². The number of ether oxygens (including phenoxy) is 1. The molecule has 0 radical (unpaired) electrons. The van der Waals surface area contributed by atoms with Gasteiger partial charge >= 0.3 is 0 Å². The number of carbonyl (C=O) groups is 1. The third-order valence-corrected chi connectivity index (χ3v) is 3.86. The van der Waals surface area contributed by atoms with Crippen LogP contribution in [0, 0.1) is 19.7 Å². The number of carbonyl (C=O) groups excluding carboxylic acids is 1. The lowest BCUT2D eigenvalue weighted by molar-refractivity contribution is -0.130. The van der Waals surface area contributed by atoms with Gasteiger partial charge in [-0.15, -0.1) is 0 Å². The molecule has 0 unspecified atom stereocenters. The molecule has 0 aliphatic heterocycles. The van der Waals surface area contributed by atoms with Crippen molar-refractivity contribution in [2.75, 3.05) is 20.2 Å². The van der Waals surface area contributed by atoms with E-state index in [2.05, 4.69) is 6.07 Å². The van der Waals surface area contributed by atoms with Crippen LogP contribution in [-0.2, 0) is 11.2 Å². The van der Waals surface area contributed by atoms with E-state index in [4.69, 9.17) is 4.74 Å². The van der Waals surface area contributed by atoms with E-state index in [1.54, 1.807) is 24.1 Å². The van der Waals surface area contributed by atoms with Crippen LogP contribution in [0.1, 0.15) is 23.1 Å². The number of hydrogen-bond acceptors (Lipinski definition) is 2. The Morgan fingerprint density at radius 3 is 2.33 bits per heavy atom. The van der Waals surface area contributed by atoms with Crippen molar-refractivity contribution in [3.05, 3.63) is 65.0 Å². The minimum atomic E-state index is -0.259. The molecule has 24 heavy (non-hydrogen) atoms. The van der Waals surface area contributed by atoms with E-state index in [9.17, 15) is 9.18 Å². The van der Waals surface area contributed by atoms with Crippen molar-refractivity contribution in [1.29, 1.82) is 0 Å². The molecule has 0 aliphatic rings. The van der Waals surface area contributed by atoms with Gasteiger partial charge in [-0.3, -0.25) is 4.79 Å². The third kappa shape index (κ3) is 5.69. The molecule has 0 saturated carbocycles. The first-order valence-corrected chi connectivity index (χ1v) is 8.13. The van der Waals surface area contributed by atoms with Gasteiger partial charge in [0.05, 0.1) is 6.54 Å². The third-order valence-electron chi connectivity index (χ3n) is 3.86. The quantitative estimate of drug-likeness (QED) is 0.771. The molecule has 2 aromatic carbocycles. The van der Waals surface area contributed by atoms with Crippen LogP contribution in [0.3, 0.4) is 0 Å². The minimum absolute atomic E-state index is 0.0587. The second kappa shape index (κ2) is 8.48. The standard InChI is InChI=1S/C20H24FNO2/c1-15-12-16(2)14-19(13-15)24-11-10-22(3)20(23)9-6-17-4-7-18(21)8-5-17/h4-5,7-8,12-14H,6,9-11H2,1-3H3. The number of benzene rings is 2. The average Bonchev–Trinajstić information content (AvgIpc) is 2.53. The van der Waals surface area contributed by atoms with Crippen LogP contribution >= 0.6 is 0 Å². The molecule has 4 heteroatoms. The van der Waals surface area contributed by atoms with Crippen molar-refractivity contribution in [2.24, 2.45) is 0 Å². The SMILES string of the molecule is Cc1cc(C)cc(OCCN(C)C(=O)CCc2ccc(F)cc2)c1. The Hall–Kier alpha value is -2.36. The van der Waals surface area contributed by atoms with Crippen LogP contribution in [0.4, 0.5) is 4.39 Å². The Morgan fingerprint density at radius 1 is 1.08 bits per heavy atom. The summed E-state index contributed by atoms with van der Waals surface area (Å²) >= 11 is 0. The fourth-order valence-electron chi connectivity index (χ4n) is 2.53. The molecule has 0 spiro atoms. The van der Waals surface area contributed by atoms with E-state index < -0.39 is 0 Å². The number of hydrogen-bond donors (Lipinski definition) is 0. The van der Waals surface area contributed by atoms with E-state index in [1.165, 1.54) is 12.1 Å². The summed E-state index contributed by atoms with van der Waals surface area (Å²) < 4.78 is 18.6. The van der Waals surface area contributed by atoms with E-state index in [0.717, 1.165) is 22.4 Å². The van der Waals surface area contributed by atoms with Gasteiger partial charge in [-0.1, -0.05) is 18.2 Å². The molecule has 0 fully saturated rings. The number of rotatable bonds is 7. The summed E-state index contributed by atoms with van der Waals surface area (Å²) in [7, 11) is 1.78. The molecule has 0 bridgehead atoms. The Labute approximate surface area is 143 Å². The van der Waals surface area contributed by atoms with Gasteiger partial charge in [-0.05, 0) is 61.2 Å². The van der Waals surface area contributed by atoms with E-state index in [0.29, 0.717) is 26.0 Å². The molecule has 0 atom stereocenters. The van der Waals surface area contributed by atoms with E-state index >= 15 is 0 Å². The molecule has 0 saturated heterocycles. The zero-order valence-electron chi connectivity index (χ0n) is 14.5. The lowest BCUT2D eigenvalue weighted by atomic mass is 10.1. The summed E-state index contributed by atoms with van der Waals surface area (Å²) in [5.74, 6) is 0.633. The molecular weight excluding hydrogens is 305 g/mol. The van der Waals surface area contributed by atoms with Crippen LogP contribution in [0.5, 0.6) is 5.75 Å². The van der Waals surface area contributed by atoms with Crippen LogP contribution in [0.2, 0.25) is 0 Å². The van der Waals surface area contributed by atoms with Gasteiger partial charge in [0.15, 0.2) is 0 Å². The summed E-state index contributed by atoms with van der Waals surface area (Å²) in [5, 5.41) is 0. The monoisotopic (exact) mass is 329 g/mol. The van der Waals surface area contributed by atoms with E-state index in [1.807, 2.05) is 26.0 Å². The van der Waals surface area contributed by atoms with Gasteiger partial charge in [0.1, 0.15) is 18.2 Å². The predicted molar refractivity (Wildman–Crippen MR) is 93.8 cm³/mol. The zero-order chi connectivity index (χ0) is 17.5. The summed E-state index contributed by atoms with van der Waals surface area (Å²) in [6, 6.07) is 12.3. The van der Waals surface area contributed by atoms with Crippen molar-refractivity contribution < 1.29 is 13.9 Å². The molecule has 0 aromatic heterocycles. The summed E-state index contributed by atoms with van der Waals surface area (Å²) in [6.07, 6.45) is 1.02. The number of nitrogens with zero attached hydrogens (tertiary/aromatic N) is 1. The molecular formula is C20H24FNO2. The Morgan fingerprint density at radius 2 is 1.71 bits per heavy atom. The van der Waals surface area contributed by atoms with Crippen molar-refractivity contribution in [3.63, 3.8) is 0 Å². The second-order valence-electron chi connectivity index (χ2n) is 6.11. The lowest BCUT2D eigenvalue weighted by Gasteiger charge is -2.18. The Kier molecular flexibility index (Phi) is 6.36. The molecule has 0 heterocycles. The van der Waals surface area contributed by atoms with Crippen molar-refractivity contribution in [1.82, 2.24) is 4.90 Å². The molecule has 2 rings (SSSR count). The number of likely N-dealkylation sites (N-methyl/N-ethyl adjacent to an activating group) is 1. The summed E-state index contributed by atoms with van der Waals surface area (Å²) in [5.41, 5.74) is 3.28. The van der Waals surface area contributed by atoms with E-state index in [-0.39, 0.29) is 11.7 Å². The number of halogens is 1. The molecule has 3 nitrogen and oxygen atoms in total. The zero-order valence-corrected chi connectivity index (χ0v) is 14.5. The Bertz CT molecular complexity index is 662. The molecule has 1 amide bonds. The summed E-state index contributed by atoms with van der Waals surface area (Å²) in [6.45, 7) is 5.06. The highest BCUT2D eigenvalue weighted by Crippen LogP contribution is 2.16. The summed E-state index contributed by atoms with van der Waals surface area (Å²) in [4.78, 5) is 13.8. The Balaban J connectivity index is 1.74. The minimum Gasteiger partial charge on any atom is -0.492 e. The predicted octanol–water partition coefficient (Wildman–Crippen LogP) is 3.91. The average molecular weight is 329 g/mol. The maximum absolute atomic E-state index is 12.9. The smallest absolute Gasteiger partial charge is 0.222 e. The van der Waals surface area contributed by atoms with Gasteiger partial charge < -0.3 is 9.64 Å². The van der Waals surface area contributed by atoms with Crippen LogP contribution in [0.25, 0.3) is 0 Å². The topological polar surface area (TPSA) is 29.5 Å². The van der Waals surface area contributed by atoms with Crippen LogP contribution < -0.4 is 4.74 Å². The highest BCUT2D eigenvalue weighted by Gasteiger charge is 2.09.